The normalized spacial score (nSPS) is 28.6. The zero-order valence-electron chi connectivity index (χ0n) is 7.83. The first-order valence-electron chi connectivity index (χ1n) is 4.13. The van der Waals surface area contributed by atoms with Crippen LogP contribution in [-0.4, -0.2) is 34.8 Å². The summed E-state index contributed by atoms with van der Waals surface area (Å²) in [7, 11) is 0. The van der Waals surface area contributed by atoms with E-state index in [2.05, 4.69) is 0 Å². The van der Waals surface area contributed by atoms with Crippen LogP contribution in [0, 0.1) is 0 Å². The summed E-state index contributed by atoms with van der Waals surface area (Å²) < 4.78 is 5.70. The van der Waals surface area contributed by atoms with Crippen molar-refractivity contribution in [1.29, 1.82) is 0 Å². The van der Waals surface area contributed by atoms with Gasteiger partial charge >= 0.3 is 0 Å². The summed E-state index contributed by atoms with van der Waals surface area (Å²) in [5.41, 5.74) is 5.41. The minimum absolute atomic E-state index is 0.138. The minimum Gasteiger partial charge on any atom is -0.376 e. The molecule has 1 aliphatic heterocycles. The van der Waals surface area contributed by atoms with Crippen molar-refractivity contribution < 1.29 is 4.74 Å². The molecule has 1 saturated heterocycles. The van der Waals surface area contributed by atoms with E-state index in [1.807, 2.05) is 25.7 Å². The average Bonchev–Trinajstić information content (AvgIpc) is 1.82. The lowest BCUT2D eigenvalue weighted by Gasteiger charge is -2.41. The van der Waals surface area contributed by atoms with Crippen LogP contribution in [0.15, 0.2) is 0 Å². The van der Waals surface area contributed by atoms with Crippen LogP contribution >= 0.6 is 12.2 Å². The highest BCUT2D eigenvalue weighted by molar-refractivity contribution is 7.80. The molecular weight excluding hydrogens is 172 g/mol. The highest BCUT2D eigenvalue weighted by Crippen LogP contribution is 2.20. The molecular formula is C8H16N2OS. The van der Waals surface area contributed by atoms with Crippen molar-refractivity contribution in [3.63, 3.8) is 0 Å². The van der Waals surface area contributed by atoms with E-state index in [0.29, 0.717) is 5.11 Å². The summed E-state index contributed by atoms with van der Waals surface area (Å²) in [4.78, 5) is 1.99. The standard InChI is InChI=1S/C8H16N2OS/c1-6-4-10(7(9)12)5-8(2,3)11-6/h6H,4-5H2,1-3H3,(H2,9,12). The number of nitrogens with zero attached hydrogens (tertiary/aromatic N) is 1. The molecule has 0 radical (unpaired) electrons. The van der Waals surface area contributed by atoms with Crippen LogP contribution < -0.4 is 5.73 Å². The van der Waals surface area contributed by atoms with Crippen LogP contribution in [0.2, 0.25) is 0 Å². The number of hydrogen-bond donors (Lipinski definition) is 1. The predicted molar refractivity (Wildman–Crippen MR) is 53.0 cm³/mol. The third-order valence-electron chi connectivity index (χ3n) is 1.88. The zero-order chi connectivity index (χ0) is 9.35. The Hall–Kier alpha value is -0.350. The molecule has 0 aliphatic carbocycles. The Morgan fingerprint density at radius 2 is 2.25 bits per heavy atom. The number of thiocarbonyl (C=S) groups is 1. The fourth-order valence-electron chi connectivity index (χ4n) is 1.62. The molecule has 4 heteroatoms. The third kappa shape index (κ3) is 2.32. The fraction of sp³-hybridized carbons (Fsp3) is 0.875. The molecule has 1 aliphatic rings. The van der Waals surface area contributed by atoms with Gasteiger partial charge in [0.1, 0.15) is 0 Å². The lowest BCUT2D eigenvalue weighted by Crippen LogP contribution is -2.55. The van der Waals surface area contributed by atoms with Crippen molar-refractivity contribution in [2.75, 3.05) is 13.1 Å². The van der Waals surface area contributed by atoms with Crippen molar-refractivity contribution in [3.05, 3.63) is 0 Å². The van der Waals surface area contributed by atoms with E-state index in [9.17, 15) is 0 Å². The Morgan fingerprint density at radius 1 is 1.67 bits per heavy atom. The third-order valence-corrected chi connectivity index (χ3v) is 2.14. The van der Waals surface area contributed by atoms with Gasteiger partial charge in [0.25, 0.3) is 0 Å². The van der Waals surface area contributed by atoms with Gasteiger partial charge in [-0.05, 0) is 33.0 Å². The van der Waals surface area contributed by atoms with E-state index in [1.54, 1.807) is 0 Å². The Morgan fingerprint density at radius 3 is 2.67 bits per heavy atom. The predicted octanol–water partition coefficient (Wildman–Crippen LogP) is 0.729. The molecule has 0 aromatic rings. The van der Waals surface area contributed by atoms with Gasteiger partial charge in [-0.3, -0.25) is 0 Å². The van der Waals surface area contributed by atoms with Crippen LogP contribution in [0.3, 0.4) is 0 Å². The molecule has 0 aromatic heterocycles. The smallest absolute Gasteiger partial charge is 0.166 e. The number of morpholine rings is 1. The van der Waals surface area contributed by atoms with Crippen molar-refractivity contribution >= 4 is 17.3 Å². The average molecular weight is 188 g/mol. The molecule has 0 amide bonds. The number of ether oxygens (including phenoxy) is 1. The monoisotopic (exact) mass is 188 g/mol. The Kier molecular flexibility index (Phi) is 2.58. The molecule has 0 spiro atoms. The van der Waals surface area contributed by atoms with Crippen molar-refractivity contribution in [3.8, 4) is 0 Å². The molecule has 2 N–H and O–H groups in total. The van der Waals surface area contributed by atoms with Crippen LogP contribution in [0.1, 0.15) is 20.8 Å². The van der Waals surface area contributed by atoms with Gasteiger partial charge in [-0.15, -0.1) is 0 Å². The van der Waals surface area contributed by atoms with Gasteiger partial charge in [-0.1, -0.05) is 0 Å². The van der Waals surface area contributed by atoms with Gasteiger partial charge in [0.05, 0.1) is 11.7 Å². The van der Waals surface area contributed by atoms with E-state index < -0.39 is 0 Å². The maximum absolute atomic E-state index is 5.70. The quantitative estimate of drug-likeness (QED) is 0.569. The molecule has 1 fully saturated rings. The van der Waals surface area contributed by atoms with Gasteiger partial charge < -0.3 is 15.4 Å². The molecule has 1 unspecified atom stereocenters. The van der Waals surface area contributed by atoms with Crippen LogP contribution in [0.5, 0.6) is 0 Å². The minimum atomic E-state index is -0.138. The second-order valence-corrected chi connectivity index (χ2v) is 4.33. The second-order valence-electron chi connectivity index (χ2n) is 3.91. The Bertz CT molecular complexity index is 193. The van der Waals surface area contributed by atoms with Crippen LogP contribution in [0.25, 0.3) is 0 Å². The van der Waals surface area contributed by atoms with Crippen molar-refractivity contribution in [1.82, 2.24) is 4.90 Å². The molecule has 0 bridgehead atoms. The van der Waals surface area contributed by atoms with Gasteiger partial charge in [0, 0.05) is 13.1 Å². The van der Waals surface area contributed by atoms with E-state index >= 15 is 0 Å². The summed E-state index contributed by atoms with van der Waals surface area (Å²) in [6.45, 7) is 7.72. The SMILES string of the molecule is CC1CN(C(N)=S)CC(C)(C)O1. The molecule has 1 heterocycles. The van der Waals surface area contributed by atoms with Gasteiger partial charge in [0.15, 0.2) is 5.11 Å². The summed E-state index contributed by atoms with van der Waals surface area (Å²) in [6, 6.07) is 0. The maximum atomic E-state index is 5.70. The van der Waals surface area contributed by atoms with Gasteiger partial charge in [-0.25, -0.2) is 0 Å². The maximum Gasteiger partial charge on any atom is 0.166 e. The Labute approximate surface area is 78.9 Å². The second kappa shape index (κ2) is 3.18. The zero-order valence-corrected chi connectivity index (χ0v) is 8.65. The van der Waals surface area contributed by atoms with E-state index in [0.717, 1.165) is 13.1 Å². The molecule has 0 aromatic carbocycles. The lowest BCUT2D eigenvalue weighted by atomic mass is 10.1. The first-order valence-corrected chi connectivity index (χ1v) is 4.54. The van der Waals surface area contributed by atoms with Crippen molar-refractivity contribution in [2.24, 2.45) is 5.73 Å². The first-order chi connectivity index (χ1) is 5.41. The summed E-state index contributed by atoms with van der Waals surface area (Å²) in [5, 5.41) is 0.471. The first kappa shape index (κ1) is 9.74. The largest absolute Gasteiger partial charge is 0.376 e. The van der Waals surface area contributed by atoms with Crippen LogP contribution in [0.4, 0.5) is 0 Å². The van der Waals surface area contributed by atoms with Crippen molar-refractivity contribution in [2.45, 2.75) is 32.5 Å². The van der Waals surface area contributed by atoms with Gasteiger partial charge in [0.2, 0.25) is 0 Å². The van der Waals surface area contributed by atoms with Crippen LogP contribution in [-0.2, 0) is 4.74 Å². The van der Waals surface area contributed by atoms with Gasteiger partial charge in [-0.2, -0.15) is 0 Å². The molecule has 12 heavy (non-hydrogen) atoms. The van der Waals surface area contributed by atoms with E-state index in [-0.39, 0.29) is 11.7 Å². The van der Waals surface area contributed by atoms with E-state index in [4.69, 9.17) is 22.7 Å². The summed E-state index contributed by atoms with van der Waals surface area (Å²) >= 11 is 4.92. The van der Waals surface area contributed by atoms with E-state index in [1.165, 1.54) is 0 Å². The number of nitrogens with two attached hydrogens (primary N) is 1. The molecule has 0 saturated carbocycles. The fourth-order valence-corrected chi connectivity index (χ4v) is 1.76. The Balaban J connectivity index is 2.64. The molecule has 70 valence electrons. The molecule has 1 atom stereocenters. The summed E-state index contributed by atoms with van der Waals surface area (Å²) in [5.74, 6) is 0. The molecule has 3 nitrogen and oxygen atoms in total. The highest BCUT2D eigenvalue weighted by atomic mass is 32.1. The topological polar surface area (TPSA) is 38.5 Å². The number of hydrogen-bond acceptors (Lipinski definition) is 2. The lowest BCUT2D eigenvalue weighted by molar-refractivity contribution is -0.112. The molecule has 1 rings (SSSR count). The summed E-state index contributed by atoms with van der Waals surface area (Å²) in [6.07, 6.45) is 0.204. The number of rotatable bonds is 0. The highest BCUT2D eigenvalue weighted by Gasteiger charge is 2.31.